The predicted octanol–water partition coefficient (Wildman–Crippen LogP) is 3.00. The van der Waals surface area contributed by atoms with Crippen LogP contribution in [0.15, 0.2) is 30.3 Å². The molecule has 1 aromatic carbocycles. The largest absolute Gasteiger partial charge is 0.356 e. The Balaban J connectivity index is 1.43. The molecule has 0 radical (unpaired) electrons. The number of hydrogen-bond acceptors (Lipinski definition) is 5. The zero-order valence-corrected chi connectivity index (χ0v) is 16.3. The fourth-order valence-electron chi connectivity index (χ4n) is 3.72. The summed E-state index contributed by atoms with van der Waals surface area (Å²) in [7, 11) is 0. The van der Waals surface area contributed by atoms with E-state index in [1.165, 1.54) is 12.8 Å². The Hall–Kier alpha value is -2.34. The van der Waals surface area contributed by atoms with E-state index in [2.05, 4.69) is 25.8 Å². The Morgan fingerprint density at radius 1 is 0.889 bits per heavy atom. The standard InChI is InChI=1S/C20H24ClN5O/c1-15-22-18(24-8-2-3-9-24)14-19(23-15)25-10-12-26(13-11-25)20(27)16-4-6-17(21)7-5-16/h4-7,14H,2-3,8-13H2,1H3. The molecule has 0 spiro atoms. The molecule has 2 aliphatic rings. The molecule has 2 aliphatic heterocycles. The van der Waals surface area contributed by atoms with Crippen LogP contribution in [-0.4, -0.2) is 60.0 Å². The predicted molar refractivity (Wildman–Crippen MR) is 108 cm³/mol. The van der Waals surface area contributed by atoms with Gasteiger partial charge in [0.15, 0.2) is 0 Å². The van der Waals surface area contributed by atoms with Crippen LogP contribution < -0.4 is 9.80 Å². The maximum atomic E-state index is 12.7. The third-order valence-corrected chi connectivity index (χ3v) is 5.47. The third kappa shape index (κ3) is 4.00. The number of amides is 1. The number of anilines is 2. The fraction of sp³-hybridized carbons (Fsp3) is 0.450. The van der Waals surface area contributed by atoms with E-state index in [0.717, 1.165) is 43.6 Å². The van der Waals surface area contributed by atoms with Crippen LogP contribution in [0.3, 0.4) is 0 Å². The van der Waals surface area contributed by atoms with Gasteiger partial charge < -0.3 is 14.7 Å². The van der Waals surface area contributed by atoms with E-state index in [0.29, 0.717) is 23.7 Å². The number of rotatable bonds is 3. The second-order valence-electron chi connectivity index (χ2n) is 7.11. The molecule has 1 amide bonds. The zero-order chi connectivity index (χ0) is 18.8. The number of aromatic nitrogens is 2. The van der Waals surface area contributed by atoms with E-state index >= 15 is 0 Å². The quantitative estimate of drug-likeness (QED) is 0.813. The Labute approximate surface area is 164 Å². The lowest BCUT2D eigenvalue weighted by Crippen LogP contribution is -2.49. The second-order valence-corrected chi connectivity index (χ2v) is 7.55. The van der Waals surface area contributed by atoms with Crippen LogP contribution in [0.5, 0.6) is 0 Å². The van der Waals surface area contributed by atoms with Crippen LogP contribution >= 0.6 is 11.6 Å². The first-order valence-electron chi connectivity index (χ1n) is 9.50. The second kappa shape index (κ2) is 7.72. The highest BCUT2D eigenvalue weighted by atomic mass is 35.5. The minimum atomic E-state index is 0.0583. The summed E-state index contributed by atoms with van der Waals surface area (Å²) in [4.78, 5) is 28.4. The zero-order valence-electron chi connectivity index (χ0n) is 15.6. The maximum absolute atomic E-state index is 12.7. The number of carbonyl (C=O) groups excluding carboxylic acids is 1. The first-order valence-corrected chi connectivity index (χ1v) is 9.88. The van der Waals surface area contributed by atoms with Crippen LogP contribution in [-0.2, 0) is 0 Å². The first-order chi connectivity index (χ1) is 13.1. The van der Waals surface area contributed by atoms with Gasteiger partial charge in [0.05, 0.1) is 0 Å². The molecule has 0 N–H and O–H groups in total. The SMILES string of the molecule is Cc1nc(N2CCCC2)cc(N2CCN(C(=O)c3ccc(Cl)cc3)CC2)n1. The molecule has 2 aromatic rings. The average Bonchev–Trinajstić information content (AvgIpc) is 3.23. The highest BCUT2D eigenvalue weighted by Crippen LogP contribution is 2.23. The van der Waals surface area contributed by atoms with Gasteiger partial charge in [-0.25, -0.2) is 9.97 Å². The van der Waals surface area contributed by atoms with Gasteiger partial charge in [-0.15, -0.1) is 0 Å². The summed E-state index contributed by atoms with van der Waals surface area (Å²) >= 11 is 5.91. The van der Waals surface area contributed by atoms with Crippen molar-refractivity contribution in [2.24, 2.45) is 0 Å². The van der Waals surface area contributed by atoms with Gasteiger partial charge in [-0.05, 0) is 44.0 Å². The van der Waals surface area contributed by atoms with Crippen molar-refractivity contribution < 1.29 is 4.79 Å². The minimum absolute atomic E-state index is 0.0583. The van der Waals surface area contributed by atoms with Gasteiger partial charge in [0, 0.05) is 55.9 Å². The summed E-state index contributed by atoms with van der Waals surface area (Å²) in [6.45, 7) is 7.00. The van der Waals surface area contributed by atoms with Gasteiger partial charge in [0.1, 0.15) is 17.5 Å². The van der Waals surface area contributed by atoms with Crippen LogP contribution in [0, 0.1) is 6.92 Å². The number of aryl methyl sites for hydroxylation is 1. The normalized spacial score (nSPS) is 17.5. The van der Waals surface area contributed by atoms with Crippen molar-refractivity contribution in [2.75, 3.05) is 49.1 Å². The summed E-state index contributed by atoms with van der Waals surface area (Å²) < 4.78 is 0. The molecule has 0 saturated carbocycles. The summed E-state index contributed by atoms with van der Waals surface area (Å²) in [5.74, 6) is 2.84. The maximum Gasteiger partial charge on any atom is 0.253 e. The van der Waals surface area contributed by atoms with Crippen molar-refractivity contribution in [3.63, 3.8) is 0 Å². The van der Waals surface area contributed by atoms with E-state index in [1.54, 1.807) is 24.3 Å². The van der Waals surface area contributed by atoms with Crippen molar-refractivity contribution in [1.29, 1.82) is 0 Å². The average molecular weight is 386 g/mol. The Morgan fingerprint density at radius 3 is 2.04 bits per heavy atom. The van der Waals surface area contributed by atoms with Gasteiger partial charge >= 0.3 is 0 Å². The van der Waals surface area contributed by atoms with Crippen molar-refractivity contribution in [3.05, 3.63) is 46.7 Å². The van der Waals surface area contributed by atoms with Gasteiger partial charge in [-0.2, -0.15) is 0 Å². The lowest BCUT2D eigenvalue weighted by molar-refractivity contribution is 0.0746. The topological polar surface area (TPSA) is 52.6 Å². The van der Waals surface area contributed by atoms with Crippen LogP contribution in [0.2, 0.25) is 5.02 Å². The lowest BCUT2D eigenvalue weighted by Gasteiger charge is -2.35. The molecule has 1 aromatic heterocycles. The molecule has 6 nitrogen and oxygen atoms in total. The van der Waals surface area contributed by atoms with Crippen molar-refractivity contribution in [1.82, 2.24) is 14.9 Å². The third-order valence-electron chi connectivity index (χ3n) is 5.22. The molecule has 2 fully saturated rings. The number of carbonyl (C=O) groups is 1. The molecular weight excluding hydrogens is 362 g/mol. The molecule has 4 rings (SSSR count). The molecule has 2 saturated heterocycles. The molecule has 3 heterocycles. The number of halogens is 1. The molecular formula is C20H24ClN5O. The molecule has 7 heteroatoms. The Bertz CT molecular complexity index is 812. The van der Waals surface area contributed by atoms with Crippen LogP contribution in [0.25, 0.3) is 0 Å². The number of hydrogen-bond donors (Lipinski definition) is 0. The molecule has 0 aliphatic carbocycles. The molecule has 0 unspecified atom stereocenters. The summed E-state index contributed by atoms with van der Waals surface area (Å²) in [6, 6.07) is 9.18. The van der Waals surface area contributed by atoms with Gasteiger partial charge in [-0.1, -0.05) is 11.6 Å². The van der Waals surface area contributed by atoms with E-state index in [4.69, 9.17) is 11.6 Å². The van der Waals surface area contributed by atoms with Gasteiger partial charge in [0.2, 0.25) is 0 Å². The molecule has 27 heavy (non-hydrogen) atoms. The van der Waals surface area contributed by atoms with Gasteiger partial charge in [-0.3, -0.25) is 4.79 Å². The van der Waals surface area contributed by atoms with E-state index in [-0.39, 0.29) is 5.91 Å². The first kappa shape index (κ1) is 18.0. The van der Waals surface area contributed by atoms with Crippen molar-refractivity contribution in [3.8, 4) is 0 Å². The number of benzene rings is 1. The van der Waals surface area contributed by atoms with Crippen molar-refractivity contribution >= 4 is 29.1 Å². The van der Waals surface area contributed by atoms with Crippen molar-refractivity contribution in [2.45, 2.75) is 19.8 Å². The van der Waals surface area contributed by atoms with E-state index < -0.39 is 0 Å². The highest BCUT2D eigenvalue weighted by molar-refractivity contribution is 6.30. The number of piperazine rings is 1. The summed E-state index contributed by atoms with van der Waals surface area (Å²) in [6.07, 6.45) is 2.45. The molecule has 0 bridgehead atoms. The van der Waals surface area contributed by atoms with E-state index in [9.17, 15) is 4.79 Å². The minimum Gasteiger partial charge on any atom is -0.356 e. The molecule has 0 atom stereocenters. The number of nitrogens with zero attached hydrogens (tertiary/aromatic N) is 5. The summed E-state index contributed by atoms with van der Waals surface area (Å²) in [5, 5.41) is 0.643. The smallest absolute Gasteiger partial charge is 0.253 e. The lowest BCUT2D eigenvalue weighted by atomic mass is 10.2. The van der Waals surface area contributed by atoms with E-state index in [1.807, 2.05) is 11.8 Å². The monoisotopic (exact) mass is 385 g/mol. The Morgan fingerprint density at radius 2 is 1.44 bits per heavy atom. The summed E-state index contributed by atoms with van der Waals surface area (Å²) in [5.41, 5.74) is 0.682. The molecule has 142 valence electrons. The Kier molecular flexibility index (Phi) is 5.16. The highest BCUT2D eigenvalue weighted by Gasteiger charge is 2.24. The van der Waals surface area contributed by atoms with Crippen LogP contribution in [0.1, 0.15) is 29.0 Å². The fourth-order valence-corrected chi connectivity index (χ4v) is 3.85. The van der Waals surface area contributed by atoms with Gasteiger partial charge in [0.25, 0.3) is 5.91 Å². The van der Waals surface area contributed by atoms with Crippen LogP contribution in [0.4, 0.5) is 11.6 Å².